The molecule has 3 N–H and O–H groups in total. The number of hydrogen-bond acceptors (Lipinski definition) is 2. The Labute approximate surface area is 129 Å². The lowest BCUT2D eigenvalue weighted by Crippen LogP contribution is -2.13. The molecular formula is C14H11BrClFN2O. The fourth-order valence-corrected chi connectivity index (χ4v) is 2.31. The second kappa shape index (κ2) is 5.81. The lowest BCUT2D eigenvalue weighted by molar-refractivity contribution is 0.102. The molecule has 104 valence electrons. The predicted octanol–water partition coefficient (Wildman–Crippen LogP) is 4.38. The number of rotatable bonds is 2. The van der Waals surface area contributed by atoms with Crippen LogP contribution in [0.4, 0.5) is 15.8 Å². The molecule has 1 amide bonds. The molecule has 0 aliphatic rings. The molecule has 6 heteroatoms. The van der Waals surface area contributed by atoms with E-state index >= 15 is 0 Å². The summed E-state index contributed by atoms with van der Waals surface area (Å²) < 4.78 is 13.6. The average Bonchev–Trinajstić information content (AvgIpc) is 2.34. The van der Waals surface area contributed by atoms with Gasteiger partial charge in [-0.25, -0.2) is 4.39 Å². The van der Waals surface area contributed by atoms with Gasteiger partial charge in [0.2, 0.25) is 0 Å². The molecule has 0 aromatic heterocycles. The number of carbonyl (C=O) groups is 1. The molecule has 0 heterocycles. The first-order chi connectivity index (χ1) is 9.36. The zero-order chi connectivity index (χ0) is 14.9. The molecule has 0 saturated heterocycles. The van der Waals surface area contributed by atoms with Crippen LogP contribution in [0.5, 0.6) is 0 Å². The number of aryl methyl sites for hydroxylation is 1. The van der Waals surface area contributed by atoms with E-state index in [1.165, 1.54) is 24.3 Å². The van der Waals surface area contributed by atoms with Crippen LogP contribution in [0.2, 0.25) is 5.02 Å². The first-order valence-electron chi connectivity index (χ1n) is 5.70. The number of nitrogens with one attached hydrogen (secondary N) is 1. The summed E-state index contributed by atoms with van der Waals surface area (Å²) in [5.41, 5.74) is 7.52. The SMILES string of the molecule is Cc1cc(F)c(Br)cc1NC(=O)c1cc(N)cc(Cl)c1. The summed E-state index contributed by atoms with van der Waals surface area (Å²) in [7, 11) is 0. The molecule has 2 aromatic carbocycles. The van der Waals surface area contributed by atoms with Crippen LogP contribution >= 0.6 is 27.5 Å². The van der Waals surface area contributed by atoms with Gasteiger partial charge in [0.05, 0.1) is 4.47 Å². The van der Waals surface area contributed by atoms with Gasteiger partial charge in [-0.15, -0.1) is 0 Å². The first kappa shape index (κ1) is 14.8. The molecule has 3 nitrogen and oxygen atoms in total. The van der Waals surface area contributed by atoms with Crippen molar-refractivity contribution < 1.29 is 9.18 Å². The molecular weight excluding hydrogens is 347 g/mol. The molecule has 0 atom stereocenters. The highest BCUT2D eigenvalue weighted by atomic mass is 79.9. The smallest absolute Gasteiger partial charge is 0.255 e. The Morgan fingerprint density at radius 3 is 2.65 bits per heavy atom. The van der Waals surface area contributed by atoms with Gasteiger partial charge in [-0.2, -0.15) is 0 Å². The quantitative estimate of drug-likeness (QED) is 0.783. The maximum Gasteiger partial charge on any atom is 0.255 e. The van der Waals surface area contributed by atoms with Crippen molar-refractivity contribution in [3.05, 3.63) is 56.8 Å². The van der Waals surface area contributed by atoms with Crippen molar-refractivity contribution in [1.82, 2.24) is 0 Å². The van der Waals surface area contributed by atoms with E-state index in [1.807, 2.05) is 0 Å². The fourth-order valence-electron chi connectivity index (χ4n) is 1.72. The van der Waals surface area contributed by atoms with E-state index in [2.05, 4.69) is 21.2 Å². The molecule has 0 fully saturated rings. The molecule has 0 bridgehead atoms. The molecule has 0 spiro atoms. The van der Waals surface area contributed by atoms with Crippen molar-refractivity contribution >= 4 is 44.8 Å². The Bertz CT molecular complexity index is 671. The van der Waals surface area contributed by atoms with Crippen LogP contribution in [0.1, 0.15) is 15.9 Å². The minimum atomic E-state index is -0.382. The molecule has 20 heavy (non-hydrogen) atoms. The molecule has 0 aliphatic heterocycles. The van der Waals surface area contributed by atoms with Crippen molar-refractivity contribution in [2.24, 2.45) is 0 Å². The summed E-state index contributed by atoms with van der Waals surface area (Å²) in [5.74, 6) is -0.742. The molecule has 0 saturated carbocycles. The summed E-state index contributed by atoms with van der Waals surface area (Å²) in [5, 5.41) is 3.08. The molecule has 0 radical (unpaired) electrons. The van der Waals surface area contributed by atoms with E-state index in [1.54, 1.807) is 13.0 Å². The minimum Gasteiger partial charge on any atom is -0.399 e. The summed E-state index contributed by atoms with van der Waals surface area (Å²) in [6, 6.07) is 7.44. The van der Waals surface area contributed by atoms with E-state index < -0.39 is 0 Å². The summed E-state index contributed by atoms with van der Waals surface area (Å²) in [6.45, 7) is 1.71. The highest BCUT2D eigenvalue weighted by molar-refractivity contribution is 9.10. The van der Waals surface area contributed by atoms with Crippen LogP contribution in [0.3, 0.4) is 0 Å². The van der Waals surface area contributed by atoms with E-state index in [0.29, 0.717) is 27.5 Å². The van der Waals surface area contributed by atoms with Crippen molar-refractivity contribution in [3.63, 3.8) is 0 Å². The number of benzene rings is 2. The summed E-state index contributed by atoms with van der Waals surface area (Å²) >= 11 is 8.94. The number of halogens is 3. The van der Waals surface area contributed by atoms with E-state index in [-0.39, 0.29) is 16.2 Å². The van der Waals surface area contributed by atoms with Gasteiger partial charge in [0.1, 0.15) is 5.82 Å². The normalized spacial score (nSPS) is 10.4. The van der Waals surface area contributed by atoms with Crippen molar-refractivity contribution in [1.29, 1.82) is 0 Å². The van der Waals surface area contributed by atoms with Crippen LogP contribution < -0.4 is 11.1 Å². The van der Waals surface area contributed by atoms with E-state index in [4.69, 9.17) is 17.3 Å². The summed E-state index contributed by atoms with van der Waals surface area (Å²) in [4.78, 5) is 12.1. The van der Waals surface area contributed by atoms with Crippen LogP contribution in [-0.4, -0.2) is 5.91 Å². The van der Waals surface area contributed by atoms with Crippen LogP contribution in [0, 0.1) is 12.7 Å². The minimum absolute atomic E-state index is 0.281. The highest BCUT2D eigenvalue weighted by Gasteiger charge is 2.11. The fraction of sp³-hybridized carbons (Fsp3) is 0.0714. The molecule has 2 rings (SSSR count). The number of nitrogens with two attached hydrogens (primary N) is 1. The van der Waals surface area contributed by atoms with Crippen LogP contribution in [0.25, 0.3) is 0 Å². The Morgan fingerprint density at radius 2 is 2.00 bits per heavy atom. The number of nitrogen functional groups attached to an aromatic ring is 1. The molecule has 2 aromatic rings. The first-order valence-corrected chi connectivity index (χ1v) is 6.87. The van der Waals surface area contributed by atoms with Gasteiger partial charge in [0.25, 0.3) is 5.91 Å². The Balaban J connectivity index is 2.30. The van der Waals surface area contributed by atoms with Gasteiger partial charge in [0.15, 0.2) is 0 Å². The van der Waals surface area contributed by atoms with Gasteiger partial charge in [-0.05, 0) is 58.7 Å². The third-order valence-corrected chi connectivity index (χ3v) is 3.52. The second-order valence-electron chi connectivity index (χ2n) is 4.31. The Kier molecular flexibility index (Phi) is 4.30. The van der Waals surface area contributed by atoms with Crippen molar-refractivity contribution in [2.45, 2.75) is 6.92 Å². The zero-order valence-electron chi connectivity index (χ0n) is 10.5. The Hall–Kier alpha value is -1.59. The lowest BCUT2D eigenvalue weighted by atomic mass is 10.1. The summed E-state index contributed by atoms with van der Waals surface area (Å²) in [6.07, 6.45) is 0. The number of anilines is 2. The third-order valence-electron chi connectivity index (χ3n) is 2.70. The maximum atomic E-state index is 13.3. The van der Waals surface area contributed by atoms with Gasteiger partial charge >= 0.3 is 0 Å². The van der Waals surface area contributed by atoms with Crippen molar-refractivity contribution in [3.8, 4) is 0 Å². The monoisotopic (exact) mass is 356 g/mol. The van der Waals surface area contributed by atoms with Gasteiger partial charge in [-0.1, -0.05) is 11.6 Å². The van der Waals surface area contributed by atoms with E-state index in [9.17, 15) is 9.18 Å². The third kappa shape index (κ3) is 3.29. The second-order valence-corrected chi connectivity index (χ2v) is 5.60. The van der Waals surface area contributed by atoms with Gasteiger partial charge in [0, 0.05) is 22.0 Å². The zero-order valence-corrected chi connectivity index (χ0v) is 12.8. The number of carbonyl (C=O) groups excluding carboxylic acids is 1. The largest absolute Gasteiger partial charge is 0.399 e. The van der Waals surface area contributed by atoms with Crippen LogP contribution in [-0.2, 0) is 0 Å². The van der Waals surface area contributed by atoms with Gasteiger partial charge < -0.3 is 11.1 Å². The van der Waals surface area contributed by atoms with Gasteiger partial charge in [-0.3, -0.25) is 4.79 Å². The standard InChI is InChI=1S/C14H11BrClFN2O/c1-7-2-12(17)11(15)6-13(7)19-14(20)8-3-9(16)5-10(18)4-8/h2-6H,18H2,1H3,(H,19,20). The van der Waals surface area contributed by atoms with Crippen molar-refractivity contribution in [2.75, 3.05) is 11.1 Å². The predicted molar refractivity (Wildman–Crippen MR) is 82.7 cm³/mol. The average molecular weight is 358 g/mol. The Morgan fingerprint density at radius 1 is 1.30 bits per heavy atom. The van der Waals surface area contributed by atoms with E-state index in [0.717, 1.165) is 0 Å². The van der Waals surface area contributed by atoms with Crippen LogP contribution in [0.15, 0.2) is 34.8 Å². The highest BCUT2D eigenvalue weighted by Crippen LogP contribution is 2.25. The maximum absolute atomic E-state index is 13.3. The molecule has 0 unspecified atom stereocenters. The molecule has 0 aliphatic carbocycles. The lowest BCUT2D eigenvalue weighted by Gasteiger charge is -2.10. The topological polar surface area (TPSA) is 55.1 Å². The number of hydrogen-bond donors (Lipinski definition) is 2. The number of amides is 1.